The maximum Gasteiger partial charge on any atom is 0.255 e. The van der Waals surface area contributed by atoms with Gasteiger partial charge in [-0.3, -0.25) is 9.78 Å². The van der Waals surface area contributed by atoms with Crippen molar-refractivity contribution >= 4 is 30.8 Å². The molecule has 0 spiro atoms. The minimum absolute atomic E-state index is 0. The minimum atomic E-state index is -0.00358. The normalized spacial score (nSPS) is 18.3. The van der Waals surface area contributed by atoms with Gasteiger partial charge in [-0.25, -0.2) is 4.98 Å². The summed E-state index contributed by atoms with van der Waals surface area (Å²) in [5.74, 6) is 0.590. The minimum Gasteiger partial charge on any atom is -0.355 e. The summed E-state index contributed by atoms with van der Waals surface area (Å²) in [4.78, 5) is 22.3. The molecule has 1 aromatic heterocycles. The van der Waals surface area contributed by atoms with Gasteiger partial charge >= 0.3 is 0 Å². The second-order valence-corrected chi connectivity index (χ2v) is 7.57. The Labute approximate surface area is 178 Å². The van der Waals surface area contributed by atoms with Crippen LogP contribution < -0.4 is 16.2 Å². The van der Waals surface area contributed by atoms with E-state index in [1.807, 2.05) is 0 Å². The first-order valence-electron chi connectivity index (χ1n) is 9.47. The predicted octanol–water partition coefficient (Wildman–Crippen LogP) is 2.33. The molecule has 0 radical (unpaired) electrons. The highest BCUT2D eigenvalue weighted by Crippen LogP contribution is 2.35. The molecule has 28 heavy (non-hydrogen) atoms. The standard InChI is InChI=1S/C20H27N5O.2ClH/c1-25-11-8-20(9-12-25,15-5-3-2-4-6-15)14-22-19-23-17-13-21-10-7-16(17)18(26)24-19;;/h2-6,21H,7-14H2,1H3,(H2,22,23,24,26);2*1H. The van der Waals surface area contributed by atoms with Gasteiger partial charge in [0.2, 0.25) is 5.95 Å². The summed E-state index contributed by atoms with van der Waals surface area (Å²) in [6.45, 7) is 4.45. The van der Waals surface area contributed by atoms with Crippen molar-refractivity contribution in [1.82, 2.24) is 20.2 Å². The van der Waals surface area contributed by atoms with E-state index < -0.39 is 0 Å². The van der Waals surface area contributed by atoms with Gasteiger partial charge in [0.15, 0.2) is 0 Å². The fourth-order valence-corrected chi connectivity index (χ4v) is 4.11. The predicted molar refractivity (Wildman–Crippen MR) is 118 cm³/mol. The average Bonchev–Trinajstić information content (AvgIpc) is 2.69. The second kappa shape index (κ2) is 9.74. The van der Waals surface area contributed by atoms with Gasteiger partial charge in [-0.15, -0.1) is 24.8 Å². The fourth-order valence-electron chi connectivity index (χ4n) is 4.11. The molecule has 154 valence electrons. The highest BCUT2D eigenvalue weighted by Gasteiger charge is 2.35. The molecular formula is C20H29Cl2N5O. The number of aromatic amines is 1. The number of likely N-dealkylation sites (tertiary alicyclic amines) is 1. The molecule has 2 aliphatic rings. The van der Waals surface area contributed by atoms with Crippen LogP contribution in [-0.4, -0.2) is 48.1 Å². The van der Waals surface area contributed by atoms with Crippen LogP contribution in [0.25, 0.3) is 0 Å². The molecule has 0 unspecified atom stereocenters. The number of nitrogens with one attached hydrogen (secondary N) is 3. The van der Waals surface area contributed by atoms with Crippen LogP contribution in [0.5, 0.6) is 0 Å². The van der Waals surface area contributed by atoms with Gasteiger partial charge in [0.1, 0.15) is 0 Å². The summed E-state index contributed by atoms with van der Waals surface area (Å²) in [5, 5.41) is 6.74. The number of nitrogens with zero attached hydrogens (tertiary/aromatic N) is 2. The lowest BCUT2D eigenvalue weighted by Crippen LogP contribution is -2.45. The van der Waals surface area contributed by atoms with Crippen LogP contribution in [0.1, 0.15) is 29.7 Å². The Balaban J connectivity index is 0.00000140. The topological polar surface area (TPSA) is 73.0 Å². The molecule has 1 aromatic carbocycles. The number of halogens is 2. The molecule has 0 amide bonds. The van der Waals surface area contributed by atoms with Crippen molar-refractivity contribution in [2.75, 3.05) is 38.5 Å². The van der Waals surface area contributed by atoms with E-state index in [0.29, 0.717) is 12.5 Å². The first kappa shape index (κ1) is 22.7. The summed E-state index contributed by atoms with van der Waals surface area (Å²) < 4.78 is 0. The second-order valence-electron chi connectivity index (χ2n) is 7.57. The van der Waals surface area contributed by atoms with E-state index in [1.54, 1.807) is 0 Å². The first-order chi connectivity index (χ1) is 12.7. The largest absolute Gasteiger partial charge is 0.355 e. The number of fused-ring (bicyclic) bond motifs is 1. The van der Waals surface area contributed by atoms with Gasteiger partial charge in [0, 0.05) is 24.1 Å². The Morgan fingerprint density at radius 3 is 2.61 bits per heavy atom. The van der Waals surface area contributed by atoms with Gasteiger partial charge < -0.3 is 15.5 Å². The van der Waals surface area contributed by atoms with Crippen molar-refractivity contribution in [1.29, 1.82) is 0 Å². The Morgan fingerprint density at radius 1 is 1.18 bits per heavy atom. The number of hydrogen-bond donors (Lipinski definition) is 3. The van der Waals surface area contributed by atoms with Crippen molar-refractivity contribution < 1.29 is 0 Å². The molecule has 0 atom stereocenters. The Morgan fingerprint density at radius 2 is 1.89 bits per heavy atom. The summed E-state index contributed by atoms with van der Waals surface area (Å²) in [6, 6.07) is 10.7. The van der Waals surface area contributed by atoms with Crippen LogP contribution in [0.3, 0.4) is 0 Å². The van der Waals surface area contributed by atoms with E-state index >= 15 is 0 Å². The number of benzene rings is 1. The zero-order valence-corrected chi connectivity index (χ0v) is 17.8. The van der Waals surface area contributed by atoms with Gasteiger partial charge in [0.25, 0.3) is 5.56 Å². The molecule has 0 saturated carbocycles. The zero-order valence-electron chi connectivity index (χ0n) is 16.2. The quantitative estimate of drug-likeness (QED) is 0.700. The fraction of sp³-hybridized carbons (Fsp3) is 0.500. The number of hydrogen-bond acceptors (Lipinski definition) is 5. The van der Waals surface area contributed by atoms with Crippen LogP contribution in [0, 0.1) is 0 Å². The van der Waals surface area contributed by atoms with Crippen molar-refractivity contribution in [2.45, 2.75) is 31.2 Å². The molecule has 3 heterocycles. The van der Waals surface area contributed by atoms with Crippen molar-refractivity contribution in [2.24, 2.45) is 0 Å². The molecule has 1 fully saturated rings. The van der Waals surface area contributed by atoms with Gasteiger partial charge in [-0.05, 0) is 51.5 Å². The zero-order chi connectivity index (χ0) is 18.0. The maximum atomic E-state index is 12.4. The molecule has 0 aliphatic carbocycles. The van der Waals surface area contributed by atoms with Crippen LogP contribution >= 0.6 is 24.8 Å². The van der Waals surface area contributed by atoms with Crippen LogP contribution in [0.4, 0.5) is 5.95 Å². The Kier molecular flexibility index (Phi) is 7.89. The molecule has 6 nitrogen and oxygen atoms in total. The van der Waals surface area contributed by atoms with E-state index in [4.69, 9.17) is 0 Å². The molecular weight excluding hydrogens is 397 g/mol. The van der Waals surface area contributed by atoms with Gasteiger partial charge in [-0.1, -0.05) is 30.3 Å². The number of H-pyrrole nitrogens is 1. The van der Waals surface area contributed by atoms with E-state index in [9.17, 15) is 4.79 Å². The molecule has 0 bridgehead atoms. The van der Waals surface area contributed by atoms with Crippen molar-refractivity contribution in [3.05, 3.63) is 57.5 Å². The average molecular weight is 426 g/mol. The lowest BCUT2D eigenvalue weighted by atomic mass is 9.72. The van der Waals surface area contributed by atoms with Crippen LogP contribution in [0.15, 0.2) is 35.1 Å². The lowest BCUT2D eigenvalue weighted by Gasteiger charge is -2.41. The third kappa shape index (κ3) is 4.69. The Bertz CT molecular complexity index is 819. The molecule has 3 N–H and O–H groups in total. The van der Waals surface area contributed by atoms with Crippen molar-refractivity contribution in [3.8, 4) is 0 Å². The van der Waals surface area contributed by atoms with E-state index in [-0.39, 0.29) is 35.8 Å². The number of piperidine rings is 1. The third-order valence-corrected chi connectivity index (χ3v) is 5.87. The Hall–Kier alpha value is -1.60. The summed E-state index contributed by atoms with van der Waals surface area (Å²) >= 11 is 0. The molecule has 4 rings (SSSR count). The van der Waals surface area contributed by atoms with Gasteiger partial charge in [0.05, 0.1) is 5.69 Å². The van der Waals surface area contributed by atoms with E-state index in [0.717, 1.165) is 56.7 Å². The van der Waals surface area contributed by atoms with Gasteiger partial charge in [-0.2, -0.15) is 0 Å². The smallest absolute Gasteiger partial charge is 0.255 e. The molecule has 1 saturated heterocycles. The summed E-state index contributed by atoms with van der Waals surface area (Å²) in [7, 11) is 2.18. The van der Waals surface area contributed by atoms with Crippen molar-refractivity contribution in [3.63, 3.8) is 0 Å². The molecule has 2 aromatic rings. The van der Waals surface area contributed by atoms with E-state index in [2.05, 4.69) is 62.9 Å². The SMILES string of the molecule is CN1CCC(CNc2nc3c(c(=O)[nH]2)CCNC3)(c2ccccc2)CC1.Cl.Cl. The number of rotatable bonds is 4. The monoisotopic (exact) mass is 425 g/mol. The number of aromatic nitrogens is 2. The first-order valence-corrected chi connectivity index (χ1v) is 9.47. The van der Waals surface area contributed by atoms with Crippen LogP contribution in [0.2, 0.25) is 0 Å². The summed E-state index contributed by atoms with van der Waals surface area (Å²) in [5.41, 5.74) is 3.13. The third-order valence-electron chi connectivity index (χ3n) is 5.87. The molecule has 2 aliphatic heterocycles. The highest BCUT2D eigenvalue weighted by molar-refractivity contribution is 5.85. The van der Waals surface area contributed by atoms with Crippen LogP contribution in [-0.2, 0) is 18.4 Å². The van der Waals surface area contributed by atoms with E-state index in [1.165, 1.54) is 5.56 Å². The highest BCUT2D eigenvalue weighted by atomic mass is 35.5. The number of anilines is 1. The maximum absolute atomic E-state index is 12.4. The summed E-state index contributed by atoms with van der Waals surface area (Å²) in [6.07, 6.45) is 2.94. The lowest BCUT2D eigenvalue weighted by molar-refractivity contribution is 0.195. The molecule has 8 heteroatoms.